The van der Waals surface area contributed by atoms with Crippen molar-refractivity contribution in [3.63, 3.8) is 0 Å². The lowest BCUT2D eigenvalue weighted by molar-refractivity contribution is 0.776. The average Bonchev–Trinajstić information content (AvgIpc) is 2.61. The lowest BCUT2D eigenvalue weighted by Crippen LogP contribution is -2.25. The van der Waals surface area contributed by atoms with Crippen LogP contribution in [0.4, 0.5) is 5.82 Å². The largest absolute Gasteiger partial charge is 0.369 e. The third-order valence-electron chi connectivity index (χ3n) is 2.53. The van der Waals surface area contributed by atoms with Gasteiger partial charge < -0.3 is 11.1 Å². The summed E-state index contributed by atoms with van der Waals surface area (Å²) in [5, 5.41) is 3.24. The minimum atomic E-state index is 0.171. The van der Waals surface area contributed by atoms with Gasteiger partial charge in [0, 0.05) is 18.3 Å². The van der Waals surface area contributed by atoms with Crippen LogP contribution >= 0.6 is 0 Å². The molecule has 3 N–H and O–H groups in total. The Labute approximate surface area is 84.7 Å². The SMILES string of the molecule is CC(N)CNc1ccc2c(n1)CCC2. The van der Waals surface area contributed by atoms with E-state index in [2.05, 4.69) is 16.4 Å². The zero-order valence-corrected chi connectivity index (χ0v) is 8.59. The van der Waals surface area contributed by atoms with E-state index in [1.807, 2.05) is 13.0 Å². The molecule has 0 amide bonds. The summed E-state index contributed by atoms with van der Waals surface area (Å²) in [6.45, 7) is 2.77. The van der Waals surface area contributed by atoms with Gasteiger partial charge in [-0.05, 0) is 37.8 Å². The van der Waals surface area contributed by atoms with E-state index < -0.39 is 0 Å². The number of hydrogen-bond donors (Lipinski definition) is 2. The van der Waals surface area contributed by atoms with Crippen molar-refractivity contribution in [3.05, 3.63) is 23.4 Å². The third-order valence-corrected chi connectivity index (χ3v) is 2.53. The van der Waals surface area contributed by atoms with E-state index in [4.69, 9.17) is 5.73 Å². The summed E-state index contributed by atoms with van der Waals surface area (Å²) >= 11 is 0. The number of nitrogens with one attached hydrogen (secondary N) is 1. The molecule has 1 atom stereocenters. The second-order valence-corrected chi connectivity index (χ2v) is 4.01. The van der Waals surface area contributed by atoms with Crippen molar-refractivity contribution in [2.24, 2.45) is 5.73 Å². The molecule has 1 unspecified atom stereocenters. The minimum absolute atomic E-state index is 0.171. The number of nitrogens with zero attached hydrogens (tertiary/aromatic N) is 1. The molecule has 0 radical (unpaired) electrons. The maximum absolute atomic E-state index is 5.66. The first-order chi connectivity index (χ1) is 6.75. The molecule has 0 aromatic carbocycles. The van der Waals surface area contributed by atoms with E-state index in [-0.39, 0.29) is 6.04 Å². The number of aromatic nitrogens is 1. The highest BCUT2D eigenvalue weighted by atomic mass is 15.0. The van der Waals surface area contributed by atoms with Gasteiger partial charge in [-0.15, -0.1) is 0 Å². The van der Waals surface area contributed by atoms with E-state index in [0.717, 1.165) is 18.8 Å². The molecule has 1 heterocycles. The van der Waals surface area contributed by atoms with Gasteiger partial charge in [0.1, 0.15) is 5.82 Å². The molecule has 2 rings (SSSR count). The van der Waals surface area contributed by atoms with Gasteiger partial charge in [-0.3, -0.25) is 0 Å². The highest BCUT2D eigenvalue weighted by Crippen LogP contribution is 2.21. The number of anilines is 1. The fourth-order valence-corrected chi connectivity index (χ4v) is 1.78. The number of hydrogen-bond acceptors (Lipinski definition) is 3. The Morgan fingerprint density at radius 3 is 3.14 bits per heavy atom. The van der Waals surface area contributed by atoms with Gasteiger partial charge in [-0.25, -0.2) is 4.98 Å². The highest BCUT2D eigenvalue weighted by molar-refractivity contribution is 5.40. The molecular formula is C11H17N3. The molecule has 0 spiro atoms. The van der Waals surface area contributed by atoms with Gasteiger partial charge >= 0.3 is 0 Å². The van der Waals surface area contributed by atoms with E-state index in [1.54, 1.807) is 0 Å². The molecule has 3 heteroatoms. The van der Waals surface area contributed by atoms with E-state index in [1.165, 1.54) is 24.1 Å². The number of rotatable bonds is 3. The predicted octanol–water partition coefficient (Wildman–Crippen LogP) is 1.33. The summed E-state index contributed by atoms with van der Waals surface area (Å²) in [5.41, 5.74) is 8.34. The second kappa shape index (κ2) is 3.96. The van der Waals surface area contributed by atoms with Crippen molar-refractivity contribution >= 4 is 5.82 Å². The van der Waals surface area contributed by atoms with Crippen molar-refractivity contribution in [1.29, 1.82) is 0 Å². The first-order valence-electron chi connectivity index (χ1n) is 5.24. The fraction of sp³-hybridized carbons (Fsp3) is 0.545. The zero-order valence-electron chi connectivity index (χ0n) is 8.59. The minimum Gasteiger partial charge on any atom is -0.369 e. The molecule has 0 bridgehead atoms. The zero-order chi connectivity index (χ0) is 9.97. The fourth-order valence-electron chi connectivity index (χ4n) is 1.78. The monoisotopic (exact) mass is 191 g/mol. The Hall–Kier alpha value is -1.09. The number of fused-ring (bicyclic) bond motifs is 1. The van der Waals surface area contributed by atoms with Crippen LogP contribution in [0.25, 0.3) is 0 Å². The predicted molar refractivity (Wildman–Crippen MR) is 58.4 cm³/mol. The summed E-state index contributed by atoms with van der Waals surface area (Å²) in [7, 11) is 0. The number of pyridine rings is 1. The average molecular weight is 191 g/mol. The van der Waals surface area contributed by atoms with Gasteiger partial charge in [0.25, 0.3) is 0 Å². The topological polar surface area (TPSA) is 50.9 Å². The van der Waals surface area contributed by atoms with Crippen molar-refractivity contribution in [1.82, 2.24) is 4.98 Å². The molecule has 1 aromatic rings. The molecule has 0 aliphatic heterocycles. The molecule has 1 aromatic heterocycles. The molecule has 3 nitrogen and oxygen atoms in total. The maximum atomic E-state index is 5.66. The summed E-state index contributed by atoms with van der Waals surface area (Å²) in [4.78, 5) is 4.56. The Morgan fingerprint density at radius 1 is 1.50 bits per heavy atom. The molecule has 0 fully saturated rings. The van der Waals surface area contributed by atoms with Crippen LogP contribution in [0, 0.1) is 0 Å². The van der Waals surface area contributed by atoms with Gasteiger partial charge in [0.2, 0.25) is 0 Å². The highest BCUT2D eigenvalue weighted by Gasteiger charge is 2.12. The van der Waals surface area contributed by atoms with Gasteiger partial charge in [-0.1, -0.05) is 6.07 Å². The molecule has 14 heavy (non-hydrogen) atoms. The summed E-state index contributed by atoms with van der Waals surface area (Å²) < 4.78 is 0. The van der Waals surface area contributed by atoms with Crippen molar-refractivity contribution in [3.8, 4) is 0 Å². The lowest BCUT2D eigenvalue weighted by Gasteiger charge is -2.09. The Kier molecular flexibility index (Phi) is 2.68. The summed E-state index contributed by atoms with van der Waals surface area (Å²) in [6, 6.07) is 4.40. The van der Waals surface area contributed by atoms with E-state index in [9.17, 15) is 0 Å². The maximum Gasteiger partial charge on any atom is 0.126 e. The smallest absolute Gasteiger partial charge is 0.126 e. The number of nitrogens with two attached hydrogens (primary N) is 1. The van der Waals surface area contributed by atoms with Crippen LogP contribution in [-0.4, -0.2) is 17.6 Å². The standard InChI is InChI=1S/C11H17N3/c1-8(12)7-13-11-6-5-9-3-2-4-10(9)14-11/h5-6,8H,2-4,7,12H2,1H3,(H,13,14). The van der Waals surface area contributed by atoms with E-state index >= 15 is 0 Å². The van der Waals surface area contributed by atoms with Crippen LogP contribution in [0.5, 0.6) is 0 Å². The van der Waals surface area contributed by atoms with Gasteiger partial charge in [-0.2, -0.15) is 0 Å². The number of aryl methyl sites for hydroxylation is 2. The van der Waals surface area contributed by atoms with Gasteiger partial charge in [0.05, 0.1) is 0 Å². The quantitative estimate of drug-likeness (QED) is 0.757. The first kappa shape index (κ1) is 9.46. The van der Waals surface area contributed by atoms with Crippen molar-refractivity contribution < 1.29 is 0 Å². The van der Waals surface area contributed by atoms with Crippen LogP contribution in [0.1, 0.15) is 24.6 Å². The van der Waals surface area contributed by atoms with Crippen molar-refractivity contribution in [2.75, 3.05) is 11.9 Å². The normalized spacial score (nSPS) is 16.4. The molecule has 1 aliphatic rings. The molecule has 0 saturated carbocycles. The second-order valence-electron chi connectivity index (χ2n) is 4.01. The Balaban J connectivity index is 2.05. The van der Waals surface area contributed by atoms with E-state index in [0.29, 0.717) is 0 Å². The Morgan fingerprint density at radius 2 is 2.36 bits per heavy atom. The lowest BCUT2D eigenvalue weighted by atomic mass is 10.2. The van der Waals surface area contributed by atoms with Gasteiger partial charge in [0.15, 0.2) is 0 Å². The summed E-state index contributed by atoms with van der Waals surface area (Å²) in [5.74, 6) is 0.961. The Bertz CT molecular complexity index is 320. The van der Waals surface area contributed by atoms with Crippen LogP contribution in [0.2, 0.25) is 0 Å². The molecule has 1 aliphatic carbocycles. The third kappa shape index (κ3) is 2.04. The molecule has 0 saturated heterocycles. The summed E-state index contributed by atoms with van der Waals surface area (Å²) in [6.07, 6.45) is 3.57. The molecule has 76 valence electrons. The van der Waals surface area contributed by atoms with Crippen molar-refractivity contribution in [2.45, 2.75) is 32.2 Å². The van der Waals surface area contributed by atoms with Crippen LogP contribution in [0.15, 0.2) is 12.1 Å². The molecular weight excluding hydrogens is 174 g/mol. The van der Waals surface area contributed by atoms with Crippen LogP contribution in [-0.2, 0) is 12.8 Å². The first-order valence-corrected chi connectivity index (χ1v) is 5.24. The van der Waals surface area contributed by atoms with Crippen LogP contribution < -0.4 is 11.1 Å². The van der Waals surface area contributed by atoms with Crippen LogP contribution in [0.3, 0.4) is 0 Å².